The van der Waals surface area contributed by atoms with Gasteiger partial charge in [-0.1, -0.05) is 0 Å². The Labute approximate surface area is 43.2 Å². The Balaban J connectivity index is 2.82. The summed E-state index contributed by atoms with van der Waals surface area (Å²) >= 11 is 0. The van der Waals surface area contributed by atoms with Gasteiger partial charge < -0.3 is 9.63 Å². The molecule has 1 N–H and O–H groups in total. The fourth-order valence-corrected chi connectivity index (χ4v) is 0.568. The number of hydrogen-bond donors (Lipinski definition) is 1. The van der Waals surface area contributed by atoms with Gasteiger partial charge in [0.25, 0.3) is 0 Å². The highest BCUT2D eigenvalue weighted by Crippen LogP contribution is 2.09. The Morgan fingerprint density at radius 1 is 1.86 bits per heavy atom. The molecule has 0 aliphatic heterocycles. The lowest BCUT2D eigenvalue weighted by atomic mass is 10.9. The average molecular weight is 124 g/mol. The summed E-state index contributed by atoms with van der Waals surface area (Å²) in [6.45, 7) is 0.383. The molecule has 0 aliphatic rings. The monoisotopic (exact) mass is 124 g/mol. The second-order valence-corrected chi connectivity index (χ2v) is 2.42. The van der Waals surface area contributed by atoms with E-state index in [1.165, 1.54) is 7.11 Å². The number of ether oxygens (including phenoxy) is 1. The maximum Gasteiger partial charge on any atom is 0.191 e. The van der Waals surface area contributed by atoms with E-state index in [1.54, 1.807) is 0 Å². The molecule has 0 bridgehead atoms. The molecule has 0 aromatic carbocycles. The van der Waals surface area contributed by atoms with Crippen molar-refractivity contribution >= 4 is 8.03 Å². The third-order valence-electron chi connectivity index (χ3n) is 0.520. The first kappa shape index (κ1) is 7.15. The normalized spacial score (nSPS) is 14.0. The minimum atomic E-state index is -2.27. The zero-order valence-corrected chi connectivity index (χ0v) is 5.18. The molecule has 1 unspecified atom stereocenters. The highest BCUT2D eigenvalue weighted by molar-refractivity contribution is 7.38. The van der Waals surface area contributed by atoms with Crippen LogP contribution in [0.2, 0.25) is 0 Å². The molecular weight excluding hydrogens is 115 g/mol. The van der Waals surface area contributed by atoms with Gasteiger partial charge in [-0.2, -0.15) is 0 Å². The van der Waals surface area contributed by atoms with Gasteiger partial charge in [0.05, 0.1) is 6.61 Å². The lowest BCUT2D eigenvalue weighted by Gasteiger charge is -1.90. The molecule has 0 saturated heterocycles. The van der Waals surface area contributed by atoms with Crippen molar-refractivity contribution in [3.63, 3.8) is 0 Å². The van der Waals surface area contributed by atoms with Crippen LogP contribution in [0.1, 0.15) is 0 Å². The summed E-state index contributed by atoms with van der Waals surface area (Å²) in [6.07, 6.45) is 0.279. The van der Waals surface area contributed by atoms with Crippen molar-refractivity contribution in [1.82, 2.24) is 0 Å². The lowest BCUT2D eigenvalue weighted by molar-refractivity contribution is 0.216. The van der Waals surface area contributed by atoms with Crippen LogP contribution in [0.3, 0.4) is 0 Å². The van der Waals surface area contributed by atoms with Crippen molar-refractivity contribution in [2.45, 2.75) is 0 Å². The van der Waals surface area contributed by atoms with E-state index in [-0.39, 0.29) is 6.16 Å². The molecule has 1 atom stereocenters. The highest BCUT2D eigenvalue weighted by atomic mass is 31.1. The maximum atomic E-state index is 9.86. The van der Waals surface area contributed by atoms with Crippen molar-refractivity contribution in [2.75, 3.05) is 19.9 Å². The molecule has 44 valence electrons. The molecule has 0 aliphatic carbocycles. The second-order valence-electron chi connectivity index (χ2n) is 1.14. The fourth-order valence-electron chi connectivity index (χ4n) is 0.189. The summed E-state index contributed by atoms with van der Waals surface area (Å²) < 4.78 is 14.4. The zero-order valence-electron chi connectivity index (χ0n) is 4.18. The Bertz CT molecular complexity index is 63.2. The summed E-state index contributed by atoms with van der Waals surface area (Å²) in [5.41, 5.74) is 0. The van der Waals surface area contributed by atoms with Crippen LogP contribution in [-0.2, 0) is 9.30 Å². The molecule has 7 heavy (non-hydrogen) atoms. The van der Waals surface area contributed by atoms with E-state index in [4.69, 9.17) is 4.89 Å². The van der Waals surface area contributed by atoms with Crippen LogP contribution in [0.4, 0.5) is 0 Å². The molecule has 0 rings (SSSR count). The topological polar surface area (TPSA) is 46.5 Å². The van der Waals surface area contributed by atoms with Crippen LogP contribution in [-0.4, -0.2) is 24.8 Å². The van der Waals surface area contributed by atoms with Crippen molar-refractivity contribution in [3.8, 4) is 0 Å². The second kappa shape index (κ2) is 4.31. The average Bonchev–Trinajstić information content (AvgIpc) is 1.61. The number of rotatable bonds is 3. The van der Waals surface area contributed by atoms with Crippen LogP contribution in [0.25, 0.3) is 0 Å². The van der Waals surface area contributed by atoms with Crippen LogP contribution >= 0.6 is 8.03 Å². The molecule has 0 aromatic rings. The molecule has 0 aromatic heterocycles. The maximum absolute atomic E-state index is 9.86. The Morgan fingerprint density at radius 3 is 2.57 bits per heavy atom. The van der Waals surface area contributed by atoms with E-state index in [2.05, 4.69) is 4.74 Å². The van der Waals surface area contributed by atoms with Gasteiger partial charge in [0, 0.05) is 13.3 Å². The van der Waals surface area contributed by atoms with E-state index in [0.717, 1.165) is 0 Å². The first-order chi connectivity index (χ1) is 3.27. The van der Waals surface area contributed by atoms with E-state index in [0.29, 0.717) is 6.61 Å². The first-order valence-corrected chi connectivity index (χ1v) is 3.54. The van der Waals surface area contributed by atoms with Crippen molar-refractivity contribution in [3.05, 3.63) is 0 Å². The van der Waals surface area contributed by atoms with Gasteiger partial charge in [0.2, 0.25) is 0 Å². The SMILES string of the molecule is COCC[PH](=O)O. The fraction of sp³-hybridized carbons (Fsp3) is 1.00. The van der Waals surface area contributed by atoms with Gasteiger partial charge in [0.1, 0.15) is 0 Å². The van der Waals surface area contributed by atoms with E-state index in [1.807, 2.05) is 0 Å². The minimum absolute atomic E-state index is 0.279. The van der Waals surface area contributed by atoms with Crippen molar-refractivity contribution in [2.24, 2.45) is 0 Å². The van der Waals surface area contributed by atoms with Gasteiger partial charge in [-0.3, -0.25) is 4.57 Å². The summed E-state index contributed by atoms with van der Waals surface area (Å²) in [7, 11) is -0.767. The molecule has 0 fully saturated rings. The van der Waals surface area contributed by atoms with E-state index in [9.17, 15) is 4.57 Å². The standard InChI is InChI=1S/C3H9O3P/c1-6-2-3-7(4)5/h7H,2-3H2,1H3,(H,4,5). The molecular formula is C3H9O3P. The van der Waals surface area contributed by atoms with E-state index < -0.39 is 8.03 Å². The first-order valence-electron chi connectivity index (χ1n) is 1.98. The van der Waals surface area contributed by atoms with Gasteiger partial charge >= 0.3 is 0 Å². The molecule has 4 heteroatoms. The summed E-state index contributed by atoms with van der Waals surface area (Å²) in [6, 6.07) is 0. The van der Waals surface area contributed by atoms with Crippen LogP contribution in [0, 0.1) is 0 Å². The van der Waals surface area contributed by atoms with Gasteiger partial charge in [0.15, 0.2) is 8.03 Å². The molecule has 0 spiro atoms. The molecule has 0 saturated carbocycles. The molecule has 0 radical (unpaired) electrons. The molecule has 0 heterocycles. The number of hydrogen-bond acceptors (Lipinski definition) is 2. The van der Waals surface area contributed by atoms with Crippen molar-refractivity contribution in [1.29, 1.82) is 0 Å². The molecule has 0 amide bonds. The van der Waals surface area contributed by atoms with Crippen LogP contribution in [0.15, 0.2) is 0 Å². The summed E-state index contributed by atoms with van der Waals surface area (Å²) in [4.78, 5) is 8.15. The van der Waals surface area contributed by atoms with Gasteiger partial charge in [-0.25, -0.2) is 0 Å². The summed E-state index contributed by atoms with van der Waals surface area (Å²) in [5.74, 6) is 0. The quantitative estimate of drug-likeness (QED) is 0.543. The van der Waals surface area contributed by atoms with Crippen LogP contribution in [0.5, 0.6) is 0 Å². The smallest absolute Gasteiger partial charge is 0.191 e. The predicted molar refractivity (Wildman–Crippen MR) is 28.0 cm³/mol. The highest BCUT2D eigenvalue weighted by Gasteiger charge is 1.87. The third kappa shape index (κ3) is 6.15. The van der Waals surface area contributed by atoms with Crippen molar-refractivity contribution < 1.29 is 14.2 Å². The van der Waals surface area contributed by atoms with E-state index >= 15 is 0 Å². The van der Waals surface area contributed by atoms with Gasteiger partial charge in [-0.05, 0) is 0 Å². The number of methoxy groups -OCH3 is 1. The third-order valence-corrected chi connectivity index (χ3v) is 1.15. The lowest BCUT2D eigenvalue weighted by Crippen LogP contribution is -1.89. The zero-order chi connectivity index (χ0) is 5.70. The Kier molecular flexibility index (Phi) is 4.41. The minimum Gasteiger partial charge on any atom is -0.384 e. The predicted octanol–water partition coefficient (Wildman–Crippen LogP) is 0.0998. The van der Waals surface area contributed by atoms with Gasteiger partial charge in [-0.15, -0.1) is 0 Å². The largest absolute Gasteiger partial charge is 0.384 e. The van der Waals surface area contributed by atoms with Crippen LogP contribution < -0.4 is 0 Å². The molecule has 3 nitrogen and oxygen atoms in total. The Morgan fingerprint density at radius 2 is 2.43 bits per heavy atom. The Hall–Kier alpha value is 0.150. The summed E-state index contributed by atoms with van der Waals surface area (Å²) in [5, 5.41) is 0.